The van der Waals surface area contributed by atoms with Crippen LogP contribution in [-0.4, -0.2) is 0 Å². The van der Waals surface area contributed by atoms with Crippen molar-refractivity contribution in [3.8, 4) is 23.0 Å². The molecule has 0 unspecified atom stereocenters. The smallest absolute Gasteiger partial charge is 0.130 e. The van der Waals surface area contributed by atoms with Crippen molar-refractivity contribution < 1.29 is 9.47 Å². The zero-order valence-electron chi connectivity index (χ0n) is 16.1. The Morgan fingerprint density at radius 3 is 1.52 bits per heavy atom. The molecule has 29 heavy (non-hydrogen) atoms. The molecule has 5 aromatic rings. The molecule has 0 radical (unpaired) electrons. The summed E-state index contributed by atoms with van der Waals surface area (Å²) in [7, 11) is 0. The molecule has 0 saturated carbocycles. The van der Waals surface area contributed by atoms with Crippen molar-refractivity contribution in [2.75, 3.05) is 0 Å². The second-order valence-corrected chi connectivity index (χ2v) is 7.15. The highest BCUT2D eigenvalue weighted by Gasteiger charge is 2.06. The van der Waals surface area contributed by atoms with Crippen LogP contribution in [0.15, 0.2) is 103 Å². The number of benzene rings is 5. The van der Waals surface area contributed by atoms with Crippen LogP contribution in [0, 0.1) is 6.92 Å². The van der Waals surface area contributed by atoms with E-state index < -0.39 is 0 Å². The molecule has 0 N–H and O–H groups in total. The standard InChI is InChI=1S/C27H20O2/c1-19-16-24(28-25-12-10-20-6-2-4-8-22(20)17-25)14-15-27(19)29-26-13-11-21-7-3-5-9-23(21)18-26/h2-18H,1H3. The van der Waals surface area contributed by atoms with Crippen LogP contribution in [0.3, 0.4) is 0 Å². The Morgan fingerprint density at radius 1 is 0.448 bits per heavy atom. The summed E-state index contributed by atoms with van der Waals surface area (Å²) in [5.41, 5.74) is 1.02. The highest BCUT2D eigenvalue weighted by atomic mass is 16.5. The second kappa shape index (κ2) is 7.33. The van der Waals surface area contributed by atoms with Gasteiger partial charge in [0.1, 0.15) is 23.0 Å². The lowest BCUT2D eigenvalue weighted by Crippen LogP contribution is -1.90. The summed E-state index contributed by atoms with van der Waals surface area (Å²) in [6.45, 7) is 2.03. The summed E-state index contributed by atoms with van der Waals surface area (Å²) >= 11 is 0. The molecule has 0 aromatic heterocycles. The van der Waals surface area contributed by atoms with Gasteiger partial charge in [0, 0.05) is 0 Å². The molecule has 0 heterocycles. The summed E-state index contributed by atoms with van der Waals surface area (Å²) in [5, 5.41) is 4.74. The van der Waals surface area contributed by atoms with E-state index in [9.17, 15) is 0 Å². The molecule has 5 rings (SSSR count). The number of fused-ring (bicyclic) bond motifs is 2. The molecule has 0 amide bonds. The van der Waals surface area contributed by atoms with Crippen LogP contribution in [0.1, 0.15) is 5.56 Å². The highest BCUT2D eigenvalue weighted by Crippen LogP contribution is 2.32. The van der Waals surface area contributed by atoms with Crippen molar-refractivity contribution in [2.24, 2.45) is 0 Å². The van der Waals surface area contributed by atoms with Crippen LogP contribution < -0.4 is 9.47 Å². The third-order valence-electron chi connectivity index (χ3n) is 5.05. The minimum atomic E-state index is 0.795. The van der Waals surface area contributed by atoms with Gasteiger partial charge >= 0.3 is 0 Å². The van der Waals surface area contributed by atoms with Gasteiger partial charge in [-0.05, 0) is 76.5 Å². The molecule has 2 nitrogen and oxygen atoms in total. The van der Waals surface area contributed by atoms with Gasteiger partial charge < -0.3 is 9.47 Å². The maximum Gasteiger partial charge on any atom is 0.130 e. The van der Waals surface area contributed by atoms with Crippen LogP contribution in [-0.2, 0) is 0 Å². The molecule has 0 aliphatic rings. The Balaban J connectivity index is 1.37. The van der Waals surface area contributed by atoms with Crippen molar-refractivity contribution >= 4 is 21.5 Å². The Hall–Kier alpha value is -3.78. The minimum absolute atomic E-state index is 0.795. The molecular weight excluding hydrogens is 356 g/mol. The summed E-state index contributed by atoms with van der Waals surface area (Å²) in [6, 6.07) is 34.7. The van der Waals surface area contributed by atoms with Gasteiger partial charge in [0.05, 0.1) is 0 Å². The van der Waals surface area contributed by atoms with Gasteiger partial charge in [-0.1, -0.05) is 60.7 Å². The number of ether oxygens (including phenoxy) is 2. The van der Waals surface area contributed by atoms with Gasteiger partial charge in [-0.2, -0.15) is 0 Å². The maximum atomic E-state index is 6.12. The van der Waals surface area contributed by atoms with E-state index in [1.807, 2.05) is 61.5 Å². The molecule has 0 saturated heterocycles. The lowest BCUT2D eigenvalue weighted by molar-refractivity contribution is 0.467. The van der Waals surface area contributed by atoms with E-state index >= 15 is 0 Å². The number of hydrogen-bond donors (Lipinski definition) is 0. The predicted octanol–water partition coefficient (Wildman–Crippen LogP) is 7.89. The average molecular weight is 376 g/mol. The van der Waals surface area contributed by atoms with E-state index in [0.717, 1.165) is 33.9 Å². The topological polar surface area (TPSA) is 18.5 Å². The fraction of sp³-hybridized carbons (Fsp3) is 0.0370. The first-order valence-electron chi connectivity index (χ1n) is 9.69. The zero-order chi connectivity index (χ0) is 19.6. The fourth-order valence-electron chi connectivity index (χ4n) is 3.52. The van der Waals surface area contributed by atoms with Gasteiger partial charge in [-0.15, -0.1) is 0 Å². The lowest BCUT2D eigenvalue weighted by atomic mass is 10.1. The average Bonchev–Trinajstić information content (AvgIpc) is 2.75. The molecule has 0 aliphatic heterocycles. The molecule has 5 aromatic carbocycles. The third kappa shape index (κ3) is 3.65. The van der Waals surface area contributed by atoms with Crippen LogP contribution in [0.2, 0.25) is 0 Å². The van der Waals surface area contributed by atoms with Gasteiger partial charge in [-0.3, -0.25) is 0 Å². The quantitative estimate of drug-likeness (QED) is 0.317. The Morgan fingerprint density at radius 2 is 0.931 bits per heavy atom. The van der Waals surface area contributed by atoms with Crippen LogP contribution in [0.25, 0.3) is 21.5 Å². The Kier molecular flexibility index (Phi) is 4.38. The van der Waals surface area contributed by atoms with E-state index in [0.29, 0.717) is 0 Å². The lowest BCUT2D eigenvalue weighted by Gasteiger charge is -2.12. The van der Waals surface area contributed by atoms with Crippen molar-refractivity contribution in [2.45, 2.75) is 6.92 Å². The van der Waals surface area contributed by atoms with Gasteiger partial charge in [0.2, 0.25) is 0 Å². The van der Waals surface area contributed by atoms with Crippen molar-refractivity contribution in [1.82, 2.24) is 0 Å². The summed E-state index contributed by atoms with van der Waals surface area (Å²) in [5.74, 6) is 3.27. The molecular formula is C27H20O2. The molecule has 0 aliphatic carbocycles. The molecule has 0 spiro atoms. The first-order chi connectivity index (χ1) is 14.2. The van der Waals surface area contributed by atoms with Crippen molar-refractivity contribution in [1.29, 1.82) is 0 Å². The Bertz CT molecular complexity index is 1320. The zero-order valence-corrected chi connectivity index (χ0v) is 16.1. The van der Waals surface area contributed by atoms with E-state index in [-0.39, 0.29) is 0 Å². The fourth-order valence-corrected chi connectivity index (χ4v) is 3.52. The van der Waals surface area contributed by atoms with Gasteiger partial charge in [0.25, 0.3) is 0 Å². The predicted molar refractivity (Wildman–Crippen MR) is 119 cm³/mol. The first-order valence-corrected chi connectivity index (χ1v) is 9.69. The second-order valence-electron chi connectivity index (χ2n) is 7.15. The largest absolute Gasteiger partial charge is 0.457 e. The monoisotopic (exact) mass is 376 g/mol. The summed E-state index contributed by atoms with van der Waals surface area (Å²) in [6.07, 6.45) is 0. The van der Waals surface area contributed by atoms with E-state index in [1.165, 1.54) is 16.2 Å². The number of aryl methyl sites for hydroxylation is 1. The molecule has 0 bridgehead atoms. The third-order valence-corrected chi connectivity index (χ3v) is 5.05. The van der Waals surface area contributed by atoms with E-state index in [2.05, 4.69) is 48.5 Å². The summed E-state index contributed by atoms with van der Waals surface area (Å²) in [4.78, 5) is 0. The molecule has 140 valence electrons. The number of hydrogen-bond acceptors (Lipinski definition) is 2. The SMILES string of the molecule is Cc1cc(Oc2ccc3ccccc3c2)ccc1Oc1ccc2ccccc2c1. The normalized spacial score (nSPS) is 10.9. The van der Waals surface area contributed by atoms with E-state index in [4.69, 9.17) is 9.47 Å². The van der Waals surface area contributed by atoms with Crippen LogP contribution in [0.5, 0.6) is 23.0 Å². The van der Waals surface area contributed by atoms with Crippen LogP contribution in [0.4, 0.5) is 0 Å². The first kappa shape index (κ1) is 17.3. The molecule has 0 fully saturated rings. The van der Waals surface area contributed by atoms with Crippen molar-refractivity contribution in [3.05, 3.63) is 109 Å². The Labute approximate surface area is 170 Å². The molecule has 0 atom stereocenters. The summed E-state index contributed by atoms with van der Waals surface area (Å²) < 4.78 is 12.2. The van der Waals surface area contributed by atoms with Crippen molar-refractivity contribution in [3.63, 3.8) is 0 Å². The molecule has 2 heteroatoms. The van der Waals surface area contributed by atoms with E-state index in [1.54, 1.807) is 0 Å². The van der Waals surface area contributed by atoms with Crippen LogP contribution >= 0.6 is 0 Å². The minimum Gasteiger partial charge on any atom is -0.457 e. The van der Waals surface area contributed by atoms with Gasteiger partial charge in [0.15, 0.2) is 0 Å². The highest BCUT2D eigenvalue weighted by molar-refractivity contribution is 5.84. The number of rotatable bonds is 4. The maximum absolute atomic E-state index is 6.12. The van der Waals surface area contributed by atoms with Gasteiger partial charge in [-0.25, -0.2) is 0 Å².